The number of aliphatic hydroxyl groups is 1. The first kappa shape index (κ1) is 26.0. The minimum absolute atomic E-state index is 0. The van der Waals surface area contributed by atoms with Crippen molar-refractivity contribution in [3.63, 3.8) is 0 Å². The van der Waals surface area contributed by atoms with Gasteiger partial charge in [-0.05, 0) is 62.8 Å². The van der Waals surface area contributed by atoms with Gasteiger partial charge in [-0.15, -0.1) is 24.0 Å². The molecule has 28 heavy (non-hydrogen) atoms. The highest BCUT2D eigenvalue weighted by Crippen LogP contribution is 2.39. The summed E-state index contributed by atoms with van der Waals surface area (Å²) in [4.78, 5) is 7.58. The second-order valence-corrected chi connectivity index (χ2v) is 9.27. The molecule has 1 heterocycles. The molecule has 1 unspecified atom stereocenters. The molecule has 2 aliphatic rings. The fraction of sp³-hybridized carbons (Fsp3) is 0.955. The molecular weight excluding hydrogens is 463 g/mol. The van der Waals surface area contributed by atoms with Gasteiger partial charge in [-0.2, -0.15) is 0 Å². The molecule has 6 heteroatoms. The summed E-state index contributed by atoms with van der Waals surface area (Å²) >= 11 is 0. The number of aliphatic imine (C=N–C) groups is 1. The van der Waals surface area contributed by atoms with Gasteiger partial charge >= 0.3 is 0 Å². The summed E-state index contributed by atoms with van der Waals surface area (Å²) in [6.07, 6.45) is 9.85. The molecule has 2 rings (SSSR count). The van der Waals surface area contributed by atoms with Crippen LogP contribution in [-0.4, -0.2) is 61.8 Å². The Kier molecular flexibility index (Phi) is 13.0. The topological polar surface area (TPSA) is 59.9 Å². The van der Waals surface area contributed by atoms with Crippen molar-refractivity contribution in [1.29, 1.82) is 0 Å². The van der Waals surface area contributed by atoms with E-state index in [1.54, 1.807) is 0 Å². The lowest BCUT2D eigenvalue weighted by Gasteiger charge is -2.36. The molecule has 0 aromatic rings. The van der Waals surface area contributed by atoms with Crippen molar-refractivity contribution in [2.75, 3.05) is 45.9 Å². The number of likely N-dealkylation sites (tertiary alicyclic amines) is 1. The number of rotatable bonds is 9. The van der Waals surface area contributed by atoms with Gasteiger partial charge in [-0.3, -0.25) is 4.99 Å². The molecule has 1 atom stereocenters. The van der Waals surface area contributed by atoms with Gasteiger partial charge in [0.2, 0.25) is 0 Å². The summed E-state index contributed by atoms with van der Waals surface area (Å²) < 4.78 is 0. The van der Waals surface area contributed by atoms with Crippen LogP contribution in [0.15, 0.2) is 4.99 Å². The largest absolute Gasteiger partial charge is 0.396 e. The zero-order valence-electron chi connectivity index (χ0n) is 18.5. The highest BCUT2D eigenvalue weighted by atomic mass is 127. The SMILES string of the molecule is CCNC(=NCC1(CCO)CCCCC1)NCC1CCCN(CC(C)C)C1.I. The van der Waals surface area contributed by atoms with Crippen LogP contribution in [0.4, 0.5) is 0 Å². The van der Waals surface area contributed by atoms with Gasteiger partial charge in [-0.1, -0.05) is 33.1 Å². The smallest absolute Gasteiger partial charge is 0.191 e. The number of guanidine groups is 1. The van der Waals surface area contributed by atoms with E-state index in [2.05, 4.69) is 36.3 Å². The summed E-state index contributed by atoms with van der Waals surface area (Å²) in [5, 5.41) is 16.6. The van der Waals surface area contributed by atoms with Crippen LogP contribution in [0, 0.1) is 17.3 Å². The molecule has 0 aromatic heterocycles. The molecule has 1 saturated heterocycles. The quantitative estimate of drug-likeness (QED) is 0.252. The summed E-state index contributed by atoms with van der Waals surface area (Å²) in [6, 6.07) is 0. The van der Waals surface area contributed by atoms with E-state index < -0.39 is 0 Å². The van der Waals surface area contributed by atoms with E-state index in [9.17, 15) is 5.11 Å². The van der Waals surface area contributed by atoms with Crippen LogP contribution in [0.1, 0.15) is 72.1 Å². The van der Waals surface area contributed by atoms with E-state index in [1.165, 1.54) is 64.6 Å². The molecule has 166 valence electrons. The highest BCUT2D eigenvalue weighted by molar-refractivity contribution is 14.0. The number of halogens is 1. The Balaban J connectivity index is 0.00000392. The first-order valence-electron chi connectivity index (χ1n) is 11.4. The normalized spacial score (nSPS) is 23.3. The first-order valence-corrected chi connectivity index (χ1v) is 11.4. The van der Waals surface area contributed by atoms with Crippen molar-refractivity contribution < 1.29 is 5.11 Å². The third-order valence-corrected chi connectivity index (χ3v) is 6.26. The van der Waals surface area contributed by atoms with Gasteiger partial charge in [-0.25, -0.2) is 0 Å². The predicted molar refractivity (Wildman–Crippen MR) is 131 cm³/mol. The summed E-state index contributed by atoms with van der Waals surface area (Å²) in [6.45, 7) is 13.5. The van der Waals surface area contributed by atoms with E-state index in [0.29, 0.717) is 5.92 Å². The van der Waals surface area contributed by atoms with Gasteiger partial charge in [0.15, 0.2) is 5.96 Å². The molecule has 3 N–H and O–H groups in total. The Hall–Kier alpha value is -0.0800. The Bertz CT molecular complexity index is 433. The molecule has 0 radical (unpaired) electrons. The van der Waals surface area contributed by atoms with Gasteiger partial charge in [0.05, 0.1) is 0 Å². The van der Waals surface area contributed by atoms with E-state index >= 15 is 0 Å². The van der Waals surface area contributed by atoms with Crippen molar-refractivity contribution in [2.24, 2.45) is 22.2 Å². The van der Waals surface area contributed by atoms with Gasteiger partial charge in [0.25, 0.3) is 0 Å². The zero-order valence-corrected chi connectivity index (χ0v) is 20.8. The Morgan fingerprint density at radius 3 is 2.57 bits per heavy atom. The Morgan fingerprint density at radius 1 is 1.18 bits per heavy atom. The third-order valence-electron chi connectivity index (χ3n) is 6.26. The molecule has 1 aliphatic carbocycles. The van der Waals surface area contributed by atoms with Gasteiger partial charge in [0.1, 0.15) is 0 Å². The molecule has 0 spiro atoms. The molecular formula is C22H45IN4O. The second-order valence-electron chi connectivity index (χ2n) is 9.27. The first-order chi connectivity index (χ1) is 13.1. The lowest BCUT2D eigenvalue weighted by molar-refractivity contribution is 0.137. The van der Waals surface area contributed by atoms with Crippen LogP contribution < -0.4 is 10.6 Å². The molecule has 5 nitrogen and oxygen atoms in total. The minimum Gasteiger partial charge on any atom is -0.396 e. The molecule has 2 fully saturated rings. The highest BCUT2D eigenvalue weighted by Gasteiger charge is 2.31. The van der Waals surface area contributed by atoms with E-state index in [1.807, 2.05) is 0 Å². The summed E-state index contributed by atoms with van der Waals surface area (Å²) in [5.74, 6) is 2.41. The number of hydrogen-bond acceptors (Lipinski definition) is 3. The van der Waals surface area contributed by atoms with Crippen LogP contribution in [-0.2, 0) is 0 Å². The maximum atomic E-state index is 9.53. The molecule has 0 aromatic carbocycles. The van der Waals surface area contributed by atoms with Crippen LogP contribution >= 0.6 is 24.0 Å². The average molecular weight is 509 g/mol. The standard InChI is InChI=1S/C22H44N4O.HI/c1-4-23-21(25-18-22(12-14-27)10-6-5-7-11-22)24-15-20-9-8-13-26(17-20)16-19(2)3;/h19-20,27H,4-18H2,1-3H3,(H2,23,24,25);1H. The van der Waals surface area contributed by atoms with Crippen LogP contribution in [0.3, 0.4) is 0 Å². The van der Waals surface area contributed by atoms with Crippen molar-refractivity contribution in [3.05, 3.63) is 0 Å². The third kappa shape index (κ3) is 9.16. The molecule has 1 saturated carbocycles. The minimum atomic E-state index is 0. The lowest BCUT2D eigenvalue weighted by Crippen LogP contribution is -2.45. The van der Waals surface area contributed by atoms with E-state index in [-0.39, 0.29) is 36.0 Å². The Labute approximate surface area is 190 Å². The Morgan fingerprint density at radius 2 is 1.93 bits per heavy atom. The average Bonchev–Trinajstić information content (AvgIpc) is 2.65. The molecule has 0 amide bonds. The van der Waals surface area contributed by atoms with Crippen molar-refractivity contribution in [3.8, 4) is 0 Å². The second kappa shape index (κ2) is 14.0. The van der Waals surface area contributed by atoms with Crippen LogP contribution in [0.25, 0.3) is 0 Å². The number of aliphatic hydroxyl groups excluding tert-OH is 1. The van der Waals surface area contributed by atoms with E-state index in [4.69, 9.17) is 4.99 Å². The molecule has 0 bridgehead atoms. The maximum absolute atomic E-state index is 9.53. The number of piperidine rings is 1. The fourth-order valence-electron chi connectivity index (χ4n) is 4.86. The summed E-state index contributed by atoms with van der Waals surface area (Å²) in [7, 11) is 0. The van der Waals surface area contributed by atoms with Crippen molar-refractivity contribution >= 4 is 29.9 Å². The van der Waals surface area contributed by atoms with E-state index in [0.717, 1.165) is 37.9 Å². The lowest BCUT2D eigenvalue weighted by atomic mass is 9.72. The van der Waals surface area contributed by atoms with Crippen molar-refractivity contribution in [2.45, 2.75) is 72.1 Å². The maximum Gasteiger partial charge on any atom is 0.191 e. The van der Waals surface area contributed by atoms with Gasteiger partial charge in [0, 0.05) is 39.3 Å². The number of nitrogens with zero attached hydrogens (tertiary/aromatic N) is 2. The monoisotopic (exact) mass is 508 g/mol. The summed E-state index contributed by atoms with van der Waals surface area (Å²) in [5.41, 5.74) is 0.217. The fourth-order valence-corrected chi connectivity index (χ4v) is 4.86. The number of nitrogens with one attached hydrogen (secondary N) is 2. The molecule has 1 aliphatic heterocycles. The zero-order chi connectivity index (χ0) is 19.5. The predicted octanol–water partition coefficient (Wildman–Crippen LogP) is 3.86. The van der Waals surface area contributed by atoms with Crippen LogP contribution in [0.5, 0.6) is 0 Å². The van der Waals surface area contributed by atoms with Crippen LogP contribution in [0.2, 0.25) is 0 Å². The number of hydrogen-bond donors (Lipinski definition) is 3. The van der Waals surface area contributed by atoms with Gasteiger partial charge < -0.3 is 20.6 Å². The van der Waals surface area contributed by atoms with Crippen molar-refractivity contribution in [1.82, 2.24) is 15.5 Å².